The summed E-state index contributed by atoms with van der Waals surface area (Å²) in [7, 11) is -3.57. The van der Waals surface area contributed by atoms with E-state index in [9.17, 15) is 10.2 Å². The molecule has 0 bridgehead atoms. The molecule has 0 aromatic heterocycles. The van der Waals surface area contributed by atoms with Crippen LogP contribution in [0.5, 0.6) is 0 Å². The molecule has 0 heterocycles. The minimum absolute atomic E-state index is 0.259. The van der Waals surface area contributed by atoms with E-state index < -0.39 is 14.8 Å². The summed E-state index contributed by atoms with van der Waals surface area (Å²) in [5.41, 5.74) is 0. The molecule has 0 amide bonds. The molecule has 0 rings (SSSR count). The summed E-state index contributed by atoms with van der Waals surface area (Å²) in [5.74, 6) is 0.259. The normalized spacial score (nSPS) is 14.7. The largest absolute Gasteiger partial charge is 0.333 e. The van der Waals surface area contributed by atoms with E-state index in [1.54, 1.807) is 27.7 Å². The Morgan fingerprint density at radius 3 is 1.33 bits per heavy atom. The van der Waals surface area contributed by atoms with Gasteiger partial charge in [-0.2, -0.15) is 0 Å². The highest BCUT2D eigenvalue weighted by Crippen LogP contribution is 2.62. The van der Waals surface area contributed by atoms with Crippen LogP contribution in [-0.2, 0) is 12.5 Å². The third-order valence-electron chi connectivity index (χ3n) is 1.92. The van der Waals surface area contributed by atoms with Crippen molar-refractivity contribution in [2.24, 2.45) is 0 Å². The zero-order chi connectivity index (χ0) is 12.0. The van der Waals surface area contributed by atoms with Gasteiger partial charge in [0.05, 0.1) is 29.4 Å². The molecule has 0 aromatic rings. The fourth-order valence-corrected chi connectivity index (χ4v) is 4.06. The Hall–Kier alpha value is 0.0200. The molecular formula is C9H22O5S. The highest BCUT2D eigenvalue weighted by atomic mass is 32.3. The van der Waals surface area contributed by atoms with Gasteiger partial charge in [0.25, 0.3) is 5.24 Å². The van der Waals surface area contributed by atoms with E-state index in [-0.39, 0.29) is 5.75 Å². The molecule has 0 spiro atoms. The van der Waals surface area contributed by atoms with Gasteiger partial charge in [-0.05, 0) is 20.8 Å². The fraction of sp³-hybridized carbons (Fsp3) is 0.889. The molecule has 0 unspecified atom stereocenters. The minimum Gasteiger partial charge on any atom is -0.333 e. The molecule has 0 saturated carbocycles. The standard InChI is InChI=1S/C9H22O5S/c1-5-12-15(8-4,9(10)11,13-6-2)14-7-3/h10-11H,5-8H2,1-4H3. The van der Waals surface area contributed by atoms with Crippen LogP contribution in [0.25, 0.3) is 0 Å². The highest BCUT2D eigenvalue weighted by molar-refractivity contribution is 8.36. The summed E-state index contributed by atoms with van der Waals surface area (Å²) < 4.78 is 16.3. The Morgan fingerprint density at radius 2 is 1.20 bits per heavy atom. The van der Waals surface area contributed by atoms with Gasteiger partial charge in [-0.3, -0.25) is 12.5 Å². The average molecular weight is 242 g/mol. The summed E-state index contributed by atoms with van der Waals surface area (Å²) in [6.45, 7) is 7.89. The lowest BCUT2D eigenvalue weighted by Gasteiger charge is -2.46. The van der Waals surface area contributed by atoms with Crippen molar-refractivity contribution in [1.82, 2.24) is 0 Å². The van der Waals surface area contributed by atoms with E-state index >= 15 is 0 Å². The molecule has 6 heteroatoms. The molecule has 5 nitrogen and oxygen atoms in total. The number of aliphatic hydroxyl groups is 2. The molecule has 0 aliphatic carbocycles. The summed E-state index contributed by atoms with van der Waals surface area (Å²) in [5, 5.41) is 18.0. The van der Waals surface area contributed by atoms with Crippen LogP contribution in [0.1, 0.15) is 27.7 Å². The van der Waals surface area contributed by atoms with Gasteiger partial charge in [0.15, 0.2) is 0 Å². The predicted molar refractivity (Wildman–Crippen MR) is 63.3 cm³/mol. The molecule has 94 valence electrons. The first kappa shape index (κ1) is 15.0. The minimum atomic E-state index is -3.57. The maximum atomic E-state index is 9.45. The fourth-order valence-electron chi connectivity index (χ4n) is 1.35. The SMILES string of the molecule is CCOS(CC)(OCC)(OCC)=C(O)O. The number of rotatable bonds is 7. The second-order valence-corrected chi connectivity index (χ2v) is 6.30. The van der Waals surface area contributed by atoms with Gasteiger partial charge in [-0.1, -0.05) is 6.92 Å². The van der Waals surface area contributed by atoms with E-state index in [0.29, 0.717) is 19.8 Å². The van der Waals surface area contributed by atoms with Crippen LogP contribution in [0, 0.1) is 0 Å². The van der Waals surface area contributed by atoms with Crippen LogP contribution in [-0.4, -0.2) is 41.0 Å². The van der Waals surface area contributed by atoms with Crippen LogP contribution in [0.4, 0.5) is 0 Å². The van der Waals surface area contributed by atoms with E-state index in [0.717, 1.165) is 0 Å². The Kier molecular flexibility index (Phi) is 5.94. The van der Waals surface area contributed by atoms with E-state index in [2.05, 4.69) is 0 Å². The molecule has 0 aliphatic heterocycles. The second kappa shape index (κ2) is 5.93. The van der Waals surface area contributed by atoms with E-state index in [4.69, 9.17) is 12.5 Å². The molecule has 0 radical (unpaired) electrons. The molecule has 0 fully saturated rings. The van der Waals surface area contributed by atoms with Crippen molar-refractivity contribution in [1.29, 1.82) is 0 Å². The average Bonchev–Trinajstić information content (AvgIpc) is 2.18. The maximum Gasteiger partial charge on any atom is 0.256 e. The van der Waals surface area contributed by atoms with Crippen LogP contribution < -0.4 is 0 Å². The van der Waals surface area contributed by atoms with E-state index in [1.165, 1.54) is 0 Å². The highest BCUT2D eigenvalue weighted by Gasteiger charge is 2.37. The third kappa shape index (κ3) is 2.77. The molecule has 0 aromatic carbocycles. The molecular weight excluding hydrogens is 220 g/mol. The summed E-state index contributed by atoms with van der Waals surface area (Å²) in [6.07, 6.45) is 0. The molecule has 0 aliphatic rings. The third-order valence-corrected chi connectivity index (χ3v) is 5.76. The van der Waals surface area contributed by atoms with E-state index in [1.807, 2.05) is 0 Å². The summed E-state index contributed by atoms with van der Waals surface area (Å²) >= 11 is 0. The van der Waals surface area contributed by atoms with Gasteiger partial charge >= 0.3 is 0 Å². The lowest BCUT2D eigenvalue weighted by molar-refractivity contribution is 0.172. The second-order valence-electron chi connectivity index (χ2n) is 2.74. The van der Waals surface area contributed by atoms with Gasteiger partial charge < -0.3 is 10.2 Å². The first-order chi connectivity index (χ1) is 7.01. The van der Waals surface area contributed by atoms with Crippen molar-refractivity contribution in [2.45, 2.75) is 27.7 Å². The van der Waals surface area contributed by atoms with Crippen LogP contribution in [0.15, 0.2) is 0 Å². The molecule has 15 heavy (non-hydrogen) atoms. The van der Waals surface area contributed by atoms with Crippen molar-refractivity contribution in [2.75, 3.05) is 25.6 Å². The van der Waals surface area contributed by atoms with Crippen molar-refractivity contribution >= 4 is 14.8 Å². The molecule has 0 saturated heterocycles. The van der Waals surface area contributed by atoms with Gasteiger partial charge in [0, 0.05) is 5.75 Å². The van der Waals surface area contributed by atoms with Crippen LogP contribution >= 0.6 is 9.59 Å². The Morgan fingerprint density at radius 1 is 0.867 bits per heavy atom. The lowest BCUT2D eigenvalue weighted by Crippen LogP contribution is -2.29. The van der Waals surface area contributed by atoms with Crippen LogP contribution in [0.2, 0.25) is 0 Å². The smallest absolute Gasteiger partial charge is 0.256 e. The molecule has 0 atom stereocenters. The molecule has 2 N–H and O–H groups in total. The van der Waals surface area contributed by atoms with Crippen molar-refractivity contribution < 1.29 is 22.8 Å². The quantitative estimate of drug-likeness (QED) is 0.671. The summed E-state index contributed by atoms with van der Waals surface area (Å²) in [4.78, 5) is 0. The number of aliphatic hydroxyl groups excluding tert-OH is 1. The maximum absolute atomic E-state index is 9.45. The Balaban J connectivity index is 5.52. The van der Waals surface area contributed by atoms with Gasteiger partial charge in [0.2, 0.25) is 0 Å². The first-order valence-corrected chi connectivity index (χ1v) is 7.12. The zero-order valence-electron chi connectivity index (χ0n) is 9.86. The van der Waals surface area contributed by atoms with Crippen LogP contribution in [0.3, 0.4) is 0 Å². The van der Waals surface area contributed by atoms with Gasteiger partial charge in [-0.25, -0.2) is 0 Å². The number of hydrogen-bond donors (Lipinski definition) is 2. The first-order valence-electron chi connectivity index (χ1n) is 5.13. The zero-order valence-corrected chi connectivity index (χ0v) is 10.7. The predicted octanol–water partition coefficient (Wildman–Crippen LogP) is 2.40. The van der Waals surface area contributed by atoms with Crippen molar-refractivity contribution in [3.8, 4) is 0 Å². The van der Waals surface area contributed by atoms with Crippen molar-refractivity contribution in [3.63, 3.8) is 0 Å². The van der Waals surface area contributed by atoms with Gasteiger partial charge in [0.1, 0.15) is 0 Å². The summed E-state index contributed by atoms with van der Waals surface area (Å²) in [6, 6.07) is 0. The Bertz CT molecular complexity index is 231. The monoisotopic (exact) mass is 242 g/mol. The van der Waals surface area contributed by atoms with Gasteiger partial charge in [-0.15, -0.1) is 0 Å². The topological polar surface area (TPSA) is 68.2 Å². The number of hydrogen-bond acceptors (Lipinski definition) is 3. The van der Waals surface area contributed by atoms with Crippen molar-refractivity contribution in [3.05, 3.63) is 0 Å². The lowest BCUT2D eigenvalue weighted by atomic mass is 10.9. The Labute approximate surface area is 91.4 Å².